The largest absolute Gasteiger partial charge is 0.499 e. The number of fused-ring (bicyclic) bond motifs is 1. The molecule has 68 valence electrons. The predicted molar refractivity (Wildman–Crippen MR) is 60.6 cm³/mol. The maximum Gasteiger partial charge on any atom is 0.172 e. The second-order valence-electron chi connectivity index (χ2n) is 2.91. The average molecular weight is 257 g/mol. The topological polar surface area (TPSA) is 20.2 Å². The van der Waals surface area contributed by atoms with Crippen molar-refractivity contribution in [3.05, 3.63) is 28.2 Å². The lowest BCUT2D eigenvalue weighted by atomic mass is 10.1. The lowest BCUT2D eigenvalue weighted by molar-refractivity contribution is 0.491. The molecule has 13 heavy (non-hydrogen) atoms. The SMILES string of the molecule is CCc1cc(Br)cc2sc(O)cc12. The van der Waals surface area contributed by atoms with Crippen LogP contribution < -0.4 is 0 Å². The van der Waals surface area contributed by atoms with Crippen LogP contribution in [0.1, 0.15) is 12.5 Å². The minimum absolute atomic E-state index is 0.391. The lowest BCUT2D eigenvalue weighted by Crippen LogP contribution is -1.80. The van der Waals surface area contributed by atoms with Gasteiger partial charge in [0.1, 0.15) is 0 Å². The third-order valence-electron chi connectivity index (χ3n) is 2.06. The van der Waals surface area contributed by atoms with Gasteiger partial charge in [0.05, 0.1) is 0 Å². The lowest BCUT2D eigenvalue weighted by Gasteiger charge is -1.99. The molecule has 0 radical (unpaired) electrons. The van der Waals surface area contributed by atoms with E-state index in [1.807, 2.05) is 12.1 Å². The molecule has 2 aromatic rings. The summed E-state index contributed by atoms with van der Waals surface area (Å²) in [7, 11) is 0. The fourth-order valence-corrected chi connectivity index (χ4v) is 3.00. The van der Waals surface area contributed by atoms with Crippen LogP contribution in [0, 0.1) is 0 Å². The van der Waals surface area contributed by atoms with E-state index in [4.69, 9.17) is 0 Å². The molecular formula is C10H9BrOS. The second-order valence-corrected chi connectivity index (χ2v) is 4.89. The van der Waals surface area contributed by atoms with Gasteiger partial charge in [-0.15, -0.1) is 0 Å². The van der Waals surface area contributed by atoms with E-state index in [2.05, 4.69) is 28.9 Å². The van der Waals surface area contributed by atoms with Gasteiger partial charge in [0.25, 0.3) is 0 Å². The third-order valence-corrected chi connectivity index (χ3v) is 3.40. The van der Waals surface area contributed by atoms with Gasteiger partial charge in [0, 0.05) is 9.17 Å². The molecule has 0 unspecified atom stereocenters. The van der Waals surface area contributed by atoms with Gasteiger partial charge < -0.3 is 5.11 Å². The third kappa shape index (κ3) is 1.58. The Balaban J connectivity index is 2.80. The van der Waals surface area contributed by atoms with E-state index < -0.39 is 0 Å². The molecule has 0 fully saturated rings. The molecule has 1 aromatic heterocycles. The van der Waals surface area contributed by atoms with Crippen LogP contribution in [0.15, 0.2) is 22.7 Å². The average Bonchev–Trinajstić information content (AvgIpc) is 2.43. The Bertz CT molecular complexity index is 447. The molecule has 1 heterocycles. The number of benzene rings is 1. The number of thiophene rings is 1. The van der Waals surface area contributed by atoms with Crippen molar-refractivity contribution in [3.63, 3.8) is 0 Å². The van der Waals surface area contributed by atoms with Crippen LogP contribution in [0.2, 0.25) is 0 Å². The smallest absolute Gasteiger partial charge is 0.172 e. The van der Waals surface area contributed by atoms with Crippen molar-refractivity contribution in [1.29, 1.82) is 0 Å². The molecule has 0 spiro atoms. The van der Waals surface area contributed by atoms with Gasteiger partial charge in [-0.05, 0) is 35.6 Å². The molecule has 0 bridgehead atoms. The highest BCUT2D eigenvalue weighted by atomic mass is 79.9. The minimum atomic E-state index is 0.391. The van der Waals surface area contributed by atoms with E-state index in [-0.39, 0.29) is 0 Å². The number of rotatable bonds is 1. The summed E-state index contributed by atoms with van der Waals surface area (Å²) in [6, 6.07) is 5.98. The summed E-state index contributed by atoms with van der Waals surface area (Å²) in [5.74, 6) is 0. The molecule has 0 aliphatic heterocycles. The monoisotopic (exact) mass is 256 g/mol. The van der Waals surface area contributed by atoms with E-state index in [1.165, 1.54) is 22.3 Å². The maximum absolute atomic E-state index is 9.37. The fourth-order valence-electron chi connectivity index (χ4n) is 1.45. The zero-order valence-corrected chi connectivity index (χ0v) is 9.58. The van der Waals surface area contributed by atoms with Gasteiger partial charge in [-0.25, -0.2) is 0 Å². The molecule has 0 aliphatic carbocycles. The Morgan fingerprint density at radius 3 is 2.85 bits per heavy atom. The van der Waals surface area contributed by atoms with Crippen LogP contribution in [-0.4, -0.2) is 5.11 Å². The molecule has 1 aromatic carbocycles. The second kappa shape index (κ2) is 3.31. The van der Waals surface area contributed by atoms with Crippen molar-refractivity contribution in [2.24, 2.45) is 0 Å². The summed E-state index contributed by atoms with van der Waals surface area (Å²) >= 11 is 4.88. The summed E-state index contributed by atoms with van der Waals surface area (Å²) < 4.78 is 2.22. The van der Waals surface area contributed by atoms with Crippen molar-refractivity contribution in [1.82, 2.24) is 0 Å². The van der Waals surface area contributed by atoms with Crippen LogP contribution >= 0.6 is 27.3 Å². The molecule has 0 aliphatic rings. The Morgan fingerprint density at radius 1 is 1.38 bits per heavy atom. The number of aryl methyl sites for hydroxylation is 1. The van der Waals surface area contributed by atoms with Crippen molar-refractivity contribution in [2.45, 2.75) is 13.3 Å². The molecule has 0 saturated heterocycles. The van der Waals surface area contributed by atoms with Crippen molar-refractivity contribution in [2.75, 3.05) is 0 Å². The van der Waals surface area contributed by atoms with Gasteiger partial charge in [0.15, 0.2) is 5.06 Å². The predicted octanol–water partition coefficient (Wildman–Crippen LogP) is 3.93. The van der Waals surface area contributed by atoms with Gasteiger partial charge in [0.2, 0.25) is 0 Å². The highest BCUT2D eigenvalue weighted by molar-refractivity contribution is 9.10. The molecule has 3 heteroatoms. The first kappa shape index (κ1) is 9.03. The Hall–Kier alpha value is -0.540. The van der Waals surface area contributed by atoms with Crippen LogP contribution in [0.4, 0.5) is 0 Å². The summed E-state index contributed by atoms with van der Waals surface area (Å²) in [4.78, 5) is 0. The fraction of sp³-hybridized carbons (Fsp3) is 0.200. The first-order valence-electron chi connectivity index (χ1n) is 4.11. The van der Waals surface area contributed by atoms with Crippen LogP contribution in [-0.2, 0) is 6.42 Å². The van der Waals surface area contributed by atoms with Gasteiger partial charge in [-0.2, -0.15) is 0 Å². The normalized spacial score (nSPS) is 10.9. The minimum Gasteiger partial charge on any atom is -0.499 e. The summed E-state index contributed by atoms with van der Waals surface area (Å²) in [6.07, 6.45) is 0.992. The van der Waals surface area contributed by atoms with Crippen LogP contribution in [0.3, 0.4) is 0 Å². The van der Waals surface area contributed by atoms with Crippen molar-refractivity contribution >= 4 is 37.4 Å². The van der Waals surface area contributed by atoms with E-state index >= 15 is 0 Å². The van der Waals surface area contributed by atoms with Crippen LogP contribution in [0.5, 0.6) is 5.06 Å². The van der Waals surface area contributed by atoms with E-state index in [1.54, 1.807) is 0 Å². The first-order valence-corrected chi connectivity index (χ1v) is 5.72. The van der Waals surface area contributed by atoms with Gasteiger partial charge in [-0.3, -0.25) is 0 Å². The number of aromatic hydroxyl groups is 1. The molecule has 0 amide bonds. The highest BCUT2D eigenvalue weighted by Gasteiger charge is 2.05. The van der Waals surface area contributed by atoms with Crippen molar-refractivity contribution < 1.29 is 5.11 Å². The standard InChI is InChI=1S/C10H9BrOS/c1-2-6-3-7(11)4-9-8(6)5-10(12)13-9/h3-5,12H,2H2,1H3. The number of hydrogen-bond donors (Lipinski definition) is 1. The number of halogens is 1. The summed E-state index contributed by atoms with van der Waals surface area (Å²) in [5.41, 5.74) is 1.28. The maximum atomic E-state index is 9.37. The van der Waals surface area contributed by atoms with E-state index in [0.29, 0.717) is 5.06 Å². The molecular weight excluding hydrogens is 248 g/mol. The van der Waals surface area contributed by atoms with E-state index in [9.17, 15) is 5.11 Å². The van der Waals surface area contributed by atoms with Crippen LogP contribution in [0.25, 0.3) is 10.1 Å². The molecule has 0 atom stereocenters. The Kier molecular flexibility index (Phi) is 2.30. The zero-order chi connectivity index (χ0) is 9.42. The first-order chi connectivity index (χ1) is 6.20. The summed E-state index contributed by atoms with van der Waals surface area (Å²) in [6.45, 7) is 2.12. The highest BCUT2D eigenvalue weighted by Crippen LogP contribution is 2.35. The molecule has 0 saturated carbocycles. The summed E-state index contributed by atoms with van der Waals surface area (Å²) in [5, 5.41) is 10.9. The number of hydrogen-bond acceptors (Lipinski definition) is 2. The van der Waals surface area contributed by atoms with Gasteiger partial charge >= 0.3 is 0 Å². The van der Waals surface area contributed by atoms with Gasteiger partial charge in [-0.1, -0.05) is 34.2 Å². The quantitative estimate of drug-likeness (QED) is 0.820. The Morgan fingerprint density at radius 2 is 2.15 bits per heavy atom. The molecule has 1 N–H and O–H groups in total. The molecule has 1 nitrogen and oxygen atoms in total. The molecule has 2 rings (SSSR count). The van der Waals surface area contributed by atoms with Crippen molar-refractivity contribution in [3.8, 4) is 5.06 Å². The Labute approximate surface area is 89.1 Å². The van der Waals surface area contributed by atoms with E-state index in [0.717, 1.165) is 15.6 Å². The zero-order valence-electron chi connectivity index (χ0n) is 7.17.